The maximum atomic E-state index is 13.2. The van der Waals surface area contributed by atoms with Crippen molar-refractivity contribution in [2.45, 2.75) is 29.7 Å². The molecule has 1 amide bonds. The molecule has 138 valence electrons. The normalized spacial score (nSPS) is 17.5. The highest BCUT2D eigenvalue weighted by Gasteiger charge is 2.25. The van der Waals surface area contributed by atoms with Gasteiger partial charge in [-0.2, -0.15) is 0 Å². The number of para-hydroxylation sites is 1. The van der Waals surface area contributed by atoms with Crippen molar-refractivity contribution in [1.29, 1.82) is 0 Å². The molecule has 0 bridgehead atoms. The van der Waals surface area contributed by atoms with E-state index in [-0.39, 0.29) is 16.7 Å². The van der Waals surface area contributed by atoms with Crippen LogP contribution < -0.4 is 10.9 Å². The zero-order chi connectivity index (χ0) is 18.8. The van der Waals surface area contributed by atoms with Crippen molar-refractivity contribution in [3.63, 3.8) is 0 Å². The van der Waals surface area contributed by atoms with Gasteiger partial charge in [-0.3, -0.25) is 14.2 Å². The highest BCUT2D eigenvalue weighted by atomic mass is 35.5. The van der Waals surface area contributed by atoms with Crippen molar-refractivity contribution in [2.24, 2.45) is 0 Å². The molecule has 27 heavy (non-hydrogen) atoms. The predicted molar refractivity (Wildman–Crippen MR) is 109 cm³/mol. The Balaban J connectivity index is 1.88. The van der Waals surface area contributed by atoms with E-state index in [2.05, 4.69) is 5.32 Å². The van der Waals surface area contributed by atoms with Crippen molar-refractivity contribution in [2.75, 3.05) is 6.54 Å². The minimum absolute atomic E-state index is 0.00227. The smallest absolute Gasteiger partial charge is 0.266 e. The number of rotatable bonds is 3. The van der Waals surface area contributed by atoms with Gasteiger partial charge in [0.1, 0.15) is 0 Å². The Hall–Kier alpha value is -2.31. The van der Waals surface area contributed by atoms with Crippen LogP contribution in [0.5, 0.6) is 0 Å². The lowest BCUT2D eigenvalue weighted by Crippen LogP contribution is -2.31. The summed E-state index contributed by atoms with van der Waals surface area (Å²) in [7, 11) is 0. The van der Waals surface area contributed by atoms with Crippen LogP contribution in [0, 0.1) is 0 Å². The molecule has 3 aromatic rings. The Labute approximate surface area is 165 Å². The Morgan fingerprint density at radius 2 is 1.96 bits per heavy atom. The lowest BCUT2D eigenvalue weighted by atomic mass is 10.2. The highest BCUT2D eigenvalue weighted by Crippen LogP contribution is 2.29. The molecular weight excluding hydrogens is 382 g/mol. The molecule has 5 nitrogen and oxygen atoms in total. The Morgan fingerprint density at radius 1 is 1.11 bits per heavy atom. The molecule has 1 atom stereocenters. The second-order valence-electron chi connectivity index (χ2n) is 6.43. The number of nitrogens with one attached hydrogen (secondary N) is 1. The fourth-order valence-corrected chi connectivity index (χ4v) is 4.54. The van der Waals surface area contributed by atoms with Gasteiger partial charge in [-0.1, -0.05) is 48.0 Å². The van der Waals surface area contributed by atoms with Gasteiger partial charge in [0.25, 0.3) is 5.56 Å². The maximum Gasteiger partial charge on any atom is 0.266 e. The van der Waals surface area contributed by atoms with E-state index in [9.17, 15) is 9.59 Å². The summed E-state index contributed by atoms with van der Waals surface area (Å²) in [5, 5.41) is 4.24. The molecule has 0 unspecified atom stereocenters. The number of fused-ring (bicyclic) bond motifs is 1. The predicted octanol–water partition coefficient (Wildman–Crippen LogP) is 3.80. The van der Waals surface area contributed by atoms with Crippen molar-refractivity contribution in [3.8, 4) is 5.69 Å². The van der Waals surface area contributed by atoms with Gasteiger partial charge >= 0.3 is 0 Å². The fourth-order valence-electron chi connectivity index (χ4n) is 3.19. The van der Waals surface area contributed by atoms with Crippen LogP contribution in [0.25, 0.3) is 16.6 Å². The summed E-state index contributed by atoms with van der Waals surface area (Å²) < 4.78 is 1.55. The van der Waals surface area contributed by atoms with Crippen LogP contribution in [0.2, 0.25) is 5.02 Å². The molecule has 0 spiro atoms. The van der Waals surface area contributed by atoms with Gasteiger partial charge in [-0.05, 0) is 43.2 Å². The number of thioether (sulfide) groups is 1. The summed E-state index contributed by atoms with van der Waals surface area (Å²) in [6.07, 6.45) is 2.69. The molecule has 1 aromatic heterocycles. The quantitative estimate of drug-likeness (QED) is 0.680. The van der Waals surface area contributed by atoms with E-state index in [0.717, 1.165) is 19.3 Å². The molecule has 0 aliphatic carbocycles. The summed E-state index contributed by atoms with van der Waals surface area (Å²) in [6, 6.07) is 14.4. The Kier molecular flexibility index (Phi) is 5.18. The van der Waals surface area contributed by atoms with E-state index in [4.69, 9.17) is 16.6 Å². The van der Waals surface area contributed by atoms with E-state index in [1.807, 2.05) is 24.3 Å². The molecule has 0 saturated carbocycles. The van der Waals surface area contributed by atoms with Crippen molar-refractivity contribution < 1.29 is 4.79 Å². The van der Waals surface area contributed by atoms with Gasteiger partial charge in [0.05, 0.1) is 21.8 Å². The third-order valence-corrected chi connectivity index (χ3v) is 6.00. The third kappa shape index (κ3) is 3.73. The van der Waals surface area contributed by atoms with Crippen molar-refractivity contribution in [1.82, 2.24) is 14.9 Å². The minimum Gasteiger partial charge on any atom is -0.355 e. The van der Waals surface area contributed by atoms with Gasteiger partial charge in [0, 0.05) is 11.6 Å². The average Bonchev–Trinajstić information content (AvgIpc) is 2.86. The van der Waals surface area contributed by atoms with E-state index < -0.39 is 0 Å². The monoisotopic (exact) mass is 399 g/mol. The summed E-state index contributed by atoms with van der Waals surface area (Å²) in [6.45, 7) is 0.697. The molecule has 1 aliphatic rings. The van der Waals surface area contributed by atoms with E-state index in [1.54, 1.807) is 28.8 Å². The van der Waals surface area contributed by atoms with E-state index in [1.165, 1.54) is 11.8 Å². The van der Waals surface area contributed by atoms with Crippen LogP contribution in [-0.4, -0.2) is 27.3 Å². The number of aromatic nitrogens is 2. The number of halogens is 1. The molecule has 1 N–H and O–H groups in total. The van der Waals surface area contributed by atoms with Gasteiger partial charge in [0.15, 0.2) is 5.16 Å². The van der Waals surface area contributed by atoms with Crippen LogP contribution in [0.4, 0.5) is 0 Å². The van der Waals surface area contributed by atoms with Gasteiger partial charge < -0.3 is 5.32 Å². The number of benzene rings is 2. The van der Waals surface area contributed by atoms with Crippen LogP contribution in [0.1, 0.15) is 19.3 Å². The van der Waals surface area contributed by atoms with Gasteiger partial charge in [-0.15, -0.1) is 0 Å². The first-order chi connectivity index (χ1) is 13.1. The number of amides is 1. The van der Waals surface area contributed by atoms with Crippen molar-refractivity contribution in [3.05, 3.63) is 63.9 Å². The first-order valence-corrected chi connectivity index (χ1v) is 10.1. The number of carbonyl (C=O) groups excluding carboxylic acids is 1. The van der Waals surface area contributed by atoms with Crippen molar-refractivity contribution >= 4 is 40.2 Å². The highest BCUT2D eigenvalue weighted by molar-refractivity contribution is 8.00. The first kappa shape index (κ1) is 18.1. The second-order valence-corrected chi connectivity index (χ2v) is 8.03. The standard InChI is InChI=1S/C20H18ClN3O2S/c21-13-6-5-7-14(12-13)24-19(26)15-8-1-2-9-16(15)23-20(24)27-17-10-3-4-11-22-18(17)25/h1-2,5-9,12,17H,3-4,10-11H2,(H,22,25)/t17-/m0/s1. The number of hydrogen-bond donors (Lipinski definition) is 1. The molecule has 1 saturated heterocycles. The van der Waals surface area contributed by atoms with Gasteiger partial charge in [0.2, 0.25) is 5.91 Å². The number of nitrogens with zero attached hydrogens (tertiary/aromatic N) is 2. The topological polar surface area (TPSA) is 64.0 Å². The summed E-state index contributed by atoms with van der Waals surface area (Å²) >= 11 is 7.49. The average molecular weight is 400 g/mol. The maximum absolute atomic E-state index is 13.2. The minimum atomic E-state index is -0.272. The lowest BCUT2D eigenvalue weighted by Gasteiger charge is -2.17. The number of carbonyl (C=O) groups is 1. The van der Waals surface area contributed by atoms with Crippen LogP contribution in [0.15, 0.2) is 58.5 Å². The zero-order valence-corrected chi connectivity index (χ0v) is 16.1. The number of hydrogen-bond acceptors (Lipinski definition) is 4. The molecule has 7 heteroatoms. The molecule has 4 rings (SSSR count). The second kappa shape index (κ2) is 7.74. The van der Waals surface area contributed by atoms with Gasteiger partial charge in [-0.25, -0.2) is 4.98 Å². The van der Waals surface area contributed by atoms with Crippen LogP contribution in [-0.2, 0) is 4.79 Å². The lowest BCUT2D eigenvalue weighted by molar-refractivity contribution is -0.120. The van der Waals surface area contributed by atoms with E-state index in [0.29, 0.717) is 33.3 Å². The van der Waals surface area contributed by atoms with E-state index >= 15 is 0 Å². The molecular formula is C20H18ClN3O2S. The third-order valence-electron chi connectivity index (χ3n) is 4.54. The largest absolute Gasteiger partial charge is 0.355 e. The molecule has 0 radical (unpaired) electrons. The Bertz CT molecular complexity index is 1070. The molecule has 2 heterocycles. The fraction of sp³-hybridized carbons (Fsp3) is 0.250. The summed E-state index contributed by atoms with van der Waals surface area (Å²) in [5.41, 5.74) is 1.10. The zero-order valence-electron chi connectivity index (χ0n) is 14.5. The first-order valence-electron chi connectivity index (χ1n) is 8.85. The summed E-state index contributed by atoms with van der Waals surface area (Å²) in [4.78, 5) is 30.3. The molecule has 1 fully saturated rings. The summed E-state index contributed by atoms with van der Waals surface area (Å²) in [5.74, 6) is -0.00227. The molecule has 1 aliphatic heterocycles. The Morgan fingerprint density at radius 3 is 2.81 bits per heavy atom. The molecule has 2 aromatic carbocycles. The van der Waals surface area contributed by atoms with Crippen LogP contribution >= 0.6 is 23.4 Å². The van der Waals surface area contributed by atoms with Crippen LogP contribution in [0.3, 0.4) is 0 Å². The SMILES string of the molecule is O=C1NCCCC[C@@H]1Sc1nc2ccccc2c(=O)n1-c1cccc(Cl)c1.